The highest BCUT2D eigenvalue weighted by molar-refractivity contribution is 7.98. The van der Waals surface area contributed by atoms with E-state index in [1.54, 1.807) is 11.8 Å². The second-order valence-corrected chi connectivity index (χ2v) is 11.6. The average Bonchev–Trinajstić information content (AvgIpc) is 3.35. The molecule has 0 radical (unpaired) electrons. The highest BCUT2D eigenvalue weighted by atomic mass is 32.2. The van der Waals surface area contributed by atoms with Crippen molar-refractivity contribution in [3.05, 3.63) is 70.9 Å². The number of sulfonamides is 1. The number of piperazine rings is 1. The number of rotatable bonds is 8. The van der Waals surface area contributed by atoms with Gasteiger partial charge in [-0.15, -0.1) is 11.8 Å². The van der Waals surface area contributed by atoms with Crippen LogP contribution in [0, 0.1) is 13.8 Å². The Balaban J connectivity index is 1.49. The van der Waals surface area contributed by atoms with Gasteiger partial charge in [-0.1, -0.05) is 24.3 Å². The van der Waals surface area contributed by atoms with Gasteiger partial charge in [0.25, 0.3) is 15.9 Å². The minimum absolute atomic E-state index is 0.0783. The first-order valence-electron chi connectivity index (χ1n) is 12.0. The molecule has 2 heterocycles. The number of hydrogen-bond donors (Lipinski definition) is 1. The molecule has 0 spiro atoms. The lowest BCUT2D eigenvalue weighted by atomic mass is 10.1. The first-order chi connectivity index (χ1) is 17.2. The zero-order valence-corrected chi connectivity index (χ0v) is 22.8. The molecule has 36 heavy (non-hydrogen) atoms. The third-order valence-electron chi connectivity index (χ3n) is 6.65. The second kappa shape index (κ2) is 11.1. The lowest BCUT2D eigenvalue weighted by Crippen LogP contribution is -2.49. The molecule has 3 aromatic rings. The smallest absolute Gasteiger partial charge is 0.263 e. The lowest BCUT2D eigenvalue weighted by Gasteiger charge is -2.36. The Kier molecular flexibility index (Phi) is 8.07. The van der Waals surface area contributed by atoms with Crippen LogP contribution in [0.5, 0.6) is 0 Å². The van der Waals surface area contributed by atoms with E-state index in [1.165, 1.54) is 26.3 Å². The summed E-state index contributed by atoms with van der Waals surface area (Å²) in [5.74, 6) is -0.448. The summed E-state index contributed by atoms with van der Waals surface area (Å²) in [6, 6.07) is 14.1. The van der Waals surface area contributed by atoms with Gasteiger partial charge in [0, 0.05) is 56.0 Å². The molecule has 1 saturated heterocycles. The van der Waals surface area contributed by atoms with Crippen LogP contribution in [-0.4, -0.2) is 60.8 Å². The average molecular weight is 528 g/mol. The van der Waals surface area contributed by atoms with Crippen molar-refractivity contribution < 1.29 is 13.2 Å². The number of carbonyl (C=O) groups excluding carboxylic acids is 1. The van der Waals surface area contributed by atoms with Gasteiger partial charge in [0.15, 0.2) is 0 Å². The molecule has 2 aromatic carbocycles. The van der Waals surface area contributed by atoms with Crippen LogP contribution in [0.4, 0.5) is 5.69 Å². The van der Waals surface area contributed by atoms with E-state index in [-0.39, 0.29) is 10.6 Å². The minimum Gasteiger partial charge on any atom is -0.369 e. The molecule has 0 atom stereocenters. The summed E-state index contributed by atoms with van der Waals surface area (Å²) in [7, 11) is -3.93. The molecule has 1 N–H and O–H groups in total. The van der Waals surface area contributed by atoms with Crippen LogP contribution in [0.25, 0.3) is 0 Å². The molecular formula is C26H33N5O3S2. The summed E-state index contributed by atoms with van der Waals surface area (Å²) >= 11 is 1.65. The molecule has 0 unspecified atom stereocenters. The third-order valence-corrected chi connectivity index (χ3v) is 9.23. The number of amides is 1. The molecule has 4 rings (SSSR count). The van der Waals surface area contributed by atoms with Crippen molar-refractivity contribution in [2.75, 3.05) is 37.3 Å². The number of thioether (sulfide) groups is 1. The Hall–Kier alpha value is -2.82. The van der Waals surface area contributed by atoms with Crippen LogP contribution < -0.4 is 10.2 Å². The molecule has 1 aliphatic heterocycles. The fourth-order valence-corrected chi connectivity index (χ4v) is 6.23. The molecule has 1 aromatic heterocycles. The molecule has 0 aliphatic carbocycles. The predicted molar refractivity (Wildman–Crippen MR) is 144 cm³/mol. The van der Waals surface area contributed by atoms with Crippen LogP contribution in [0.1, 0.15) is 34.0 Å². The number of hydrogen-bond acceptors (Lipinski definition) is 6. The number of anilines is 1. The van der Waals surface area contributed by atoms with Gasteiger partial charge in [-0.25, -0.2) is 8.42 Å². The van der Waals surface area contributed by atoms with Gasteiger partial charge in [-0.2, -0.15) is 9.40 Å². The number of aromatic nitrogens is 2. The molecule has 8 nitrogen and oxygen atoms in total. The van der Waals surface area contributed by atoms with E-state index in [1.807, 2.05) is 43.5 Å². The number of benzene rings is 2. The van der Waals surface area contributed by atoms with Crippen molar-refractivity contribution in [1.29, 1.82) is 0 Å². The number of carbonyl (C=O) groups is 1. The number of nitrogens with one attached hydrogen (secondary N) is 1. The molecular weight excluding hydrogens is 494 g/mol. The van der Waals surface area contributed by atoms with E-state index in [0.717, 1.165) is 16.1 Å². The predicted octanol–water partition coefficient (Wildman–Crippen LogP) is 3.68. The maximum absolute atomic E-state index is 13.6. The zero-order valence-electron chi connectivity index (χ0n) is 21.2. The maximum atomic E-state index is 13.6. The largest absolute Gasteiger partial charge is 0.369 e. The Labute approximate surface area is 217 Å². The highest BCUT2D eigenvalue weighted by Crippen LogP contribution is 2.26. The van der Waals surface area contributed by atoms with Crippen molar-refractivity contribution in [1.82, 2.24) is 19.4 Å². The van der Waals surface area contributed by atoms with Crippen molar-refractivity contribution in [2.45, 2.75) is 43.8 Å². The van der Waals surface area contributed by atoms with Gasteiger partial charge in [-0.3, -0.25) is 9.48 Å². The Morgan fingerprint density at radius 3 is 2.39 bits per heavy atom. The quantitative estimate of drug-likeness (QED) is 0.450. The Morgan fingerprint density at radius 1 is 1.06 bits per heavy atom. The van der Waals surface area contributed by atoms with E-state index in [9.17, 15) is 13.2 Å². The zero-order chi connectivity index (χ0) is 25.9. The summed E-state index contributed by atoms with van der Waals surface area (Å²) in [4.78, 5) is 16.4. The van der Waals surface area contributed by atoms with Crippen LogP contribution in [0.15, 0.2) is 58.6 Å². The summed E-state index contributed by atoms with van der Waals surface area (Å²) < 4.78 is 30.1. The summed E-state index contributed by atoms with van der Waals surface area (Å²) in [5.41, 5.74) is 4.57. The van der Waals surface area contributed by atoms with E-state index >= 15 is 0 Å². The van der Waals surface area contributed by atoms with Gasteiger partial charge in [0.1, 0.15) is 0 Å². The maximum Gasteiger partial charge on any atom is 0.263 e. The molecule has 192 valence electrons. The minimum atomic E-state index is -3.93. The van der Waals surface area contributed by atoms with Crippen LogP contribution in [0.3, 0.4) is 0 Å². The normalized spacial score (nSPS) is 14.7. The lowest BCUT2D eigenvalue weighted by molar-refractivity contribution is 0.0947. The molecule has 1 fully saturated rings. The van der Waals surface area contributed by atoms with Crippen LogP contribution in [-0.2, 0) is 23.1 Å². The standard InChI is InChI=1S/C26H33N5O3S2/c1-5-30-18-23(25(32)27-17-21-9-11-22(35-4)12-10-21)26(28-30)36(33,34)31-15-13-29(14-16-31)24-8-6-7-19(2)20(24)3/h6-12,18H,5,13-17H2,1-4H3,(H,27,32). The van der Waals surface area contributed by atoms with E-state index in [0.29, 0.717) is 39.3 Å². The third kappa shape index (κ3) is 5.45. The Bertz CT molecular complexity index is 1330. The fraction of sp³-hybridized carbons (Fsp3) is 0.385. The van der Waals surface area contributed by atoms with Gasteiger partial charge in [0.2, 0.25) is 5.03 Å². The molecule has 0 saturated carbocycles. The van der Waals surface area contributed by atoms with Gasteiger partial charge in [-0.05, 0) is 61.9 Å². The molecule has 10 heteroatoms. The SMILES string of the molecule is CCn1cc(C(=O)NCc2ccc(SC)cc2)c(S(=O)(=O)N2CCN(c3cccc(C)c3C)CC2)n1. The summed E-state index contributed by atoms with van der Waals surface area (Å²) in [5, 5.41) is 6.96. The summed E-state index contributed by atoms with van der Waals surface area (Å²) in [6.07, 6.45) is 3.53. The summed E-state index contributed by atoms with van der Waals surface area (Å²) in [6.45, 7) is 8.61. The Morgan fingerprint density at radius 2 is 1.75 bits per heavy atom. The van der Waals surface area contributed by atoms with Crippen molar-refractivity contribution in [2.24, 2.45) is 0 Å². The highest BCUT2D eigenvalue weighted by Gasteiger charge is 2.35. The molecule has 1 aliphatic rings. The number of nitrogens with zero attached hydrogens (tertiary/aromatic N) is 4. The van der Waals surface area contributed by atoms with E-state index in [4.69, 9.17) is 0 Å². The van der Waals surface area contributed by atoms with Crippen molar-refractivity contribution >= 4 is 33.4 Å². The van der Waals surface area contributed by atoms with Crippen molar-refractivity contribution in [3.8, 4) is 0 Å². The van der Waals surface area contributed by atoms with Crippen molar-refractivity contribution in [3.63, 3.8) is 0 Å². The van der Waals surface area contributed by atoms with Crippen LogP contribution in [0.2, 0.25) is 0 Å². The second-order valence-electron chi connectivity index (χ2n) is 8.84. The topological polar surface area (TPSA) is 87.5 Å². The monoisotopic (exact) mass is 527 g/mol. The van der Waals surface area contributed by atoms with Gasteiger partial charge in [0.05, 0.1) is 5.56 Å². The van der Waals surface area contributed by atoms with Gasteiger partial charge < -0.3 is 10.2 Å². The van der Waals surface area contributed by atoms with Crippen LogP contribution >= 0.6 is 11.8 Å². The first-order valence-corrected chi connectivity index (χ1v) is 14.7. The number of aryl methyl sites for hydroxylation is 2. The van der Waals surface area contributed by atoms with Gasteiger partial charge >= 0.3 is 0 Å². The fourth-order valence-electron chi connectivity index (χ4n) is 4.30. The first kappa shape index (κ1) is 26.2. The van der Waals surface area contributed by atoms with E-state index in [2.05, 4.69) is 41.3 Å². The molecule has 1 amide bonds. The molecule has 0 bridgehead atoms. The van der Waals surface area contributed by atoms with E-state index < -0.39 is 15.9 Å².